The molecule has 11 heteroatoms. The number of rotatable bonds is 5. The van der Waals surface area contributed by atoms with Crippen molar-refractivity contribution >= 4 is 58.0 Å². The summed E-state index contributed by atoms with van der Waals surface area (Å²) < 4.78 is 38.9. The summed E-state index contributed by atoms with van der Waals surface area (Å²) in [5.41, 5.74) is 1.47. The van der Waals surface area contributed by atoms with Gasteiger partial charge in [0.15, 0.2) is 0 Å². The minimum Gasteiger partial charge on any atom is -0.350 e. The predicted molar refractivity (Wildman–Crippen MR) is 136 cm³/mol. The van der Waals surface area contributed by atoms with Gasteiger partial charge in [0.05, 0.1) is 22.0 Å². The number of aryl methyl sites for hydroxylation is 2. The van der Waals surface area contributed by atoms with Gasteiger partial charge in [-0.25, -0.2) is 4.90 Å². The van der Waals surface area contributed by atoms with E-state index >= 15 is 0 Å². The summed E-state index contributed by atoms with van der Waals surface area (Å²) in [7, 11) is 0. The molecule has 0 saturated heterocycles. The van der Waals surface area contributed by atoms with Crippen molar-refractivity contribution < 1.29 is 27.6 Å². The first-order valence-electron chi connectivity index (χ1n) is 10.8. The Balaban J connectivity index is 1.49. The summed E-state index contributed by atoms with van der Waals surface area (Å²) in [4.78, 5) is 39.2. The lowest BCUT2D eigenvalue weighted by atomic mass is 10.1. The second-order valence-electron chi connectivity index (χ2n) is 8.25. The molecular formula is C26H18Cl2F3N3O3. The Morgan fingerprint density at radius 3 is 2.16 bits per heavy atom. The number of benzene rings is 3. The van der Waals surface area contributed by atoms with Crippen LogP contribution in [0.5, 0.6) is 0 Å². The fourth-order valence-electron chi connectivity index (χ4n) is 3.55. The monoisotopic (exact) mass is 547 g/mol. The highest BCUT2D eigenvalue weighted by molar-refractivity contribution is 6.53. The SMILES string of the molecule is Cc1ccc(N2C(=O)C(Cl)=C(Nc3ccc(C(=O)Nc4cc(C(F)(F)F)ccc4Cl)cc3)C2=O)cc1C. The maximum absolute atomic E-state index is 13.0. The highest BCUT2D eigenvalue weighted by Crippen LogP contribution is 2.34. The highest BCUT2D eigenvalue weighted by Gasteiger charge is 2.39. The van der Waals surface area contributed by atoms with Crippen molar-refractivity contribution in [2.75, 3.05) is 15.5 Å². The molecule has 0 spiro atoms. The number of hydrogen-bond donors (Lipinski definition) is 2. The van der Waals surface area contributed by atoms with Crippen molar-refractivity contribution in [3.63, 3.8) is 0 Å². The summed E-state index contributed by atoms with van der Waals surface area (Å²) in [5, 5.41) is 4.82. The third-order valence-electron chi connectivity index (χ3n) is 5.73. The van der Waals surface area contributed by atoms with Crippen molar-refractivity contribution in [2.24, 2.45) is 0 Å². The van der Waals surface area contributed by atoms with E-state index in [9.17, 15) is 27.6 Å². The summed E-state index contributed by atoms with van der Waals surface area (Å²) in [6, 6.07) is 13.4. The molecule has 0 saturated carbocycles. The Kier molecular flexibility index (Phi) is 7.03. The zero-order valence-corrected chi connectivity index (χ0v) is 20.8. The molecular weight excluding hydrogens is 530 g/mol. The van der Waals surface area contributed by atoms with Gasteiger partial charge in [-0.2, -0.15) is 13.2 Å². The van der Waals surface area contributed by atoms with Crippen LogP contribution in [-0.4, -0.2) is 17.7 Å². The molecule has 0 unspecified atom stereocenters. The molecule has 1 aliphatic rings. The van der Waals surface area contributed by atoms with Gasteiger partial charge in [-0.3, -0.25) is 14.4 Å². The molecule has 0 bridgehead atoms. The van der Waals surface area contributed by atoms with Crippen LogP contribution in [0.3, 0.4) is 0 Å². The van der Waals surface area contributed by atoms with E-state index < -0.39 is 29.5 Å². The smallest absolute Gasteiger partial charge is 0.350 e. The lowest BCUT2D eigenvalue weighted by Gasteiger charge is -2.16. The van der Waals surface area contributed by atoms with Crippen molar-refractivity contribution in [3.8, 4) is 0 Å². The number of hydrogen-bond acceptors (Lipinski definition) is 4. The molecule has 2 N–H and O–H groups in total. The number of alkyl halides is 3. The number of amides is 3. The molecule has 1 aliphatic heterocycles. The van der Waals surface area contributed by atoms with Crippen LogP contribution in [0, 0.1) is 13.8 Å². The Morgan fingerprint density at radius 1 is 0.865 bits per heavy atom. The summed E-state index contributed by atoms with van der Waals surface area (Å²) in [5.74, 6) is -2.01. The van der Waals surface area contributed by atoms with E-state index in [-0.39, 0.29) is 27.0 Å². The molecule has 1 heterocycles. The molecule has 3 aromatic rings. The minimum atomic E-state index is -4.60. The highest BCUT2D eigenvalue weighted by atomic mass is 35.5. The fourth-order valence-corrected chi connectivity index (χ4v) is 3.93. The van der Waals surface area contributed by atoms with E-state index in [0.717, 1.165) is 34.2 Å². The molecule has 37 heavy (non-hydrogen) atoms. The van der Waals surface area contributed by atoms with Crippen LogP contribution in [0.25, 0.3) is 0 Å². The predicted octanol–water partition coefficient (Wildman–Crippen LogP) is 6.66. The molecule has 0 aromatic heterocycles. The standard InChI is InChI=1S/C26H18Cl2F3N3O3/c1-13-3-9-18(11-14(13)2)34-24(36)21(28)22(25(34)37)32-17-7-4-15(5-8-17)23(35)33-20-12-16(26(29,30)31)6-10-19(20)27/h3-12,32H,1-2H3,(H,33,35). The maximum atomic E-state index is 13.0. The van der Waals surface area contributed by atoms with Crippen LogP contribution in [0.1, 0.15) is 27.0 Å². The molecule has 0 radical (unpaired) electrons. The van der Waals surface area contributed by atoms with Gasteiger partial charge in [-0.05, 0) is 79.6 Å². The molecule has 0 atom stereocenters. The summed E-state index contributed by atoms with van der Waals surface area (Å²) in [6.45, 7) is 3.76. The lowest BCUT2D eigenvalue weighted by molar-refractivity contribution is -0.137. The second kappa shape index (κ2) is 9.91. The largest absolute Gasteiger partial charge is 0.416 e. The average molecular weight is 548 g/mol. The molecule has 0 fully saturated rings. The topological polar surface area (TPSA) is 78.5 Å². The van der Waals surface area contributed by atoms with Gasteiger partial charge in [0, 0.05) is 11.3 Å². The Hall–Kier alpha value is -3.82. The van der Waals surface area contributed by atoms with Gasteiger partial charge in [0.25, 0.3) is 17.7 Å². The molecule has 190 valence electrons. The zero-order chi connectivity index (χ0) is 27.1. The van der Waals surface area contributed by atoms with Gasteiger partial charge < -0.3 is 10.6 Å². The van der Waals surface area contributed by atoms with Crippen LogP contribution in [0.4, 0.5) is 30.2 Å². The molecule has 3 aromatic carbocycles. The molecule has 4 rings (SSSR count). The summed E-state index contributed by atoms with van der Waals surface area (Å²) >= 11 is 12.1. The van der Waals surface area contributed by atoms with Crippen LogP contribution in [0.15, 0.2) is 71.4 Å². The maximum Gasteiger partial charge on any atom is 0.416 e. The number of imide groups is 1. The number of nitrogens with one attached hydrogen (secondary N) is 2. The van der Waals surface area contributed by atoms with Gasteiger partial charge in [-0.15, -0.1) is 0 Å². The van der Waals surface area contributed by atoms with Crippen molar-refractivity contribution in [1.29, 1.82) is 0 Å². The number of anilines is 3. The van der Waals surface area contributed by atoms with E-state index in [1.807, 2.05) is 13.8 Å². The van der Waals surface area contributed by atoms with E-state index in [1.54, 1.807) is 18.2 Å². The van der Waals surface area contributed by atoms with Gasteiger partial charge in [-0.1, -0.05) is 29.3 Å². The van der Waals surface area contributed by atoms with Crippen LogP contribution in [-0.2, 0) is 15.8 Å². The summed E-state index contributed by atoms with van der Waals surface area (Å²) in [6.07, 6.45) is -4.60. The number of carbonyl (C=O) groups excluding carboxylic acids is 3. The Morgan fingerprint density at radius 2 is 1.54 bits per heavy atom. The molecule has 6 nitrogen and oxygen atoms in total. The first-order chi connectivity index (χ1) is 17.4. The quantitative estimate of drug-likeness (QED) is 0.350. The van der Waals surface area contributed by atoms with Crippen LogP contribution >= 0.6 is 23.2 Å². The lowest BCUT2D eigenvalue weighted by Crippen LogP contribution is -2.32. The Labute approximate surface area is 219 Å². The van der Waals surface area contributed by atoms with Gasteiger partial charge in [0.1, 0.15) is 10.7 Å². The first kappa shape index (κ1) is 26.2. The van der Waals surface area contributed by atoms with E-state index in [0.29, 0.717) is 11.4 Å². The normalized spacial score (nSPS) is 13.9. The Bertz CT molecular complexity index is 1470. The van der Waals surface area contributed by atoms with Crippen molar-refractivity contribution in [2.45, 2.75) is 20.0 Å². The molecule has 0 aliphatic carbocycles. The van der Waals surface area contributed by atoms with E-state index in [2.05, 4.69) is 10.6 Å². The van der Waals surface area contributed by atoms with Crippen molar-refractivity contribution in [1.82, 2.24) is 0 Å². The van der Waals surface area contributed by atoms with Crippen LogP contribution in [0.2, 0.25) is 5.02 Å². The average Bonchev–Trinajstić information content (AvgIpc) is 3.05. The van der Waals surface area contributed by atoms with Gasteiger partial charge in [0.2, 0.25) is 0 Å². The first-order valence-corrected chi connectivity index (χ1v) is 11.5. The second-order valence-corrected chi connectivity index (χ2v) is 9.04. The van der Waals surface area contributed by atoms with Crippen LogP contribution < -0.4 is 15.5 Å². The molecule has 3 amide bonds. The van der Waals surface area contributed by atoms with E-state index in [4.69, 9.17) is 23.2 Å². The minimum absolute atomic E-state index is 0.0565. The van der Waals surface area contributed by atoms with Gasteiger partial charge >= 0.3 is 6.18 Å². The fraction of sp³-hybridized carbons (Fsp3) is 0.115. The van der Waals surface area contributed by atoms with E-state index in [1.165, 1.54) is 24.3 Å². The number of halogens is 5. The number of nitrogens with zero attached hydrogens (tertiary/aromatic N) is 1. The number of carbonyl (C=O) groups is 3. The zero-order valence-electron chi connectivity index (χ0n) is 19.3. The third-order valence-corrected chi connectivity index (χ3v) is 6.41. The third kappa shape index (κ3) is 5.33. The van der Waals surface area contributed by atoms with Crippen molar-refractivity contribution in [3.05, 3.63) is 98.7 Å².